The lowest BCUT2D eigenvalue weighted by molar-refractivity contribution is -0.114. The quantitative estimate of drug-likeness (QED) is 0.103. The first-order valence-corrected chi connectivity index (χ1v) is 16.3. The summed E-state index contributed by atoms with van der Waals surface area (Å²) in [7, 11) is 0. The Labute approximate surface area is 272 Å². The molecule has 0 heterocycles. The lowest BCUT2D eigenvalue weighted by Crippen LogP contribution is -2.31. The van der Waals surface area contributed by atoms with Crippen molar-refractivity contribution in [3.8, 4) is 5.75 Å². The number of ether oxygens (including phenoxy) is 1. The minimum Gasteiger partial charge on any atom is -0.494 e. The van der Waals surface area contributed by atoms with Crippen molar-refractivity contribution < 1.29 is 9.53 Å². The Morgan fingerprint density at radius 1 is 0.533 bits per heavy atom. The van der Waals surface area contributed by atoms with Crippen molar-refractivity contribution in [3.05, 3.63) is 149 Å². The van der Waals surface area contributed by atoms with Crippen molar-refractivity contribution >= 4 is 5.78 Å². The molecule has 45 heavy (non-hydrogen) atoms. The molecule has 2 nitrogen and oxygen atoms in total. The summed E-state index contributed by atoms with van der Waals surface area (Å²) in [5.41, 5.74) is 8.37. The van der Waals surface area contributed by atoms with E-state index in [2.05, 4.69) is 166 Å². The summed E-state index contributed by atoms with van der Waals surface area (Å²) in [6, 6.07) is 36.2. The average molecular weight is 601 g/mol. The third kappa shape index (κ3) is 7.67. The normalized spacial score (nSPS) is 12.6. The molecule has 0 unspecified atom stereocenters. The van der Waals surface area contributed by atoms with E-state index < -0.39 is 5.41 Å². The number of benzene rings is 4. The van der Waals surface area contributed by atoms with E-state index in [1.54, 1.807) is 0 Å². The summed E-state index contributed by atoms with van der Waals surface area (Å²) in [6.07, 6.45) is 2.49. The van der Waals surface area contributed by atoms with Crippen LogP contribution < -0.4 is 4.74 Å². The summed E-state index contributed by atoms with van der Waals surface area (Å²) in [5.74, 6) is 0.846. The van der Waals surface area contributed by atoms with E-state index in [9.17, 15) is 4.79 Å². The van der Waals surface area contributed by atoms with Gasteiger partial charge in [0.1, 0.15) is 5.75 Å². The van der Waals surface area contributed by atoms with Gasteiger partial charge < -0.3 is 4.74 Å². The van der Waals surface area contributed by atoms with Crippen LogP contribution in [0.15, 0.2) is 110 Å². The van der Waals surface area contributed by atoms with Gasteiger partial charge in [-0.05, 0) is 79.8 Å². The molecule has 4 aromatic rings. The van der Waals surface area contributed by atoms with Crippen LogP contribution in [-0.4, -0.2) is 12.4 Å². The topological polar surface area (TPSA) is 26.3 Å². The maximum atomic E-state index is 11.6. The van der Waals surface area contributed by atoms with E-state index in [0.29, 0.717) is 19.4 Å². The summed E-state index contributed by atoms with van der Waals surface area (Å²) in [5, 5.41) is 0. The van der Waals surface area contributed by atoms with Gasteiger partial charge in [-0.3, -0.25) is 4.79 Å². The Kier molecular flexibility index (Phi) is 9.98. The molecule has 0 spiro atoms. The van der Waals surface area contributed by atoms with Crippen LogP contribution in [0.5, 0.6) is 5.75 Å². The van der Waals surface area contributed by atoms with Gasteiger partial charge in [0.2, 0.25) is 0 Å². The average Bonchev–Trinajstić information content (AvgIpc) is 2.99. The molecule has 0 bridgehead atoms. The van der Waals surface area contributed by atoms with Crippen LogP contribution in [0.25, 0.3) is 0 Å². The Balaban J connectivity index is 1.93. The molecule has 0 radical (unpaired) electrons. The van der Waals surface area contributed by atoms with Gasteiger partial charge in [-0.15, -0.1) is 0 Å². The van der Waals surface area contributed by atoms with E-state index in [1.165, 1.54) is 45.0 Å². The van der Waals surface area contributed by atoms with Gasteiger partial charge in [0.15, 0.2) is 5.78 Å². The summed E-state index contributed by atoms with van der Waals surface area (Å²) >= 11 is 0. The minimum atomic E-state index is -0.557. The summed E-state index contributed by atoms with van der Waals surface area (Å²) in [4.78, 5) is 11.6. The van der Waals surface area contributed by atoms with Crippen LogP contribution >= 0.6 is 0 Å². The Bertz CT molecular complexity index is 1430. The van der Waals surface area contributed by atoms with Gasteiger partial charge >= 0.3 is 0 Å². The third-order valence-electron chi connectivity index (χ3n) is 8.90. The van der Waals surface area contributed by atoms with Crippen LogP contribution in [0.2, 0.25) is 0 Å². The second-order valence-corrected chi connectivity index (χ2v) is 15.4. The second-order valence-electron chi connectivity index (χ2n) is 15.4. The summed E-state index contributed by atoms with van der Waals surface area (Å²) < 4.78 is 6.06. The molecule has 236 valence electrons. The molecule has 0 aliphatic rings. The number of hydrogen-bond acceptors (Lipinski definition) is 2. The number of ketones is 1. The lowest BCUT2D eigenvalue weighted by atomic mass is 9.64. The molecule has 0 aliphatic heterocycles. The van der Waals surface area contributed by atoms with Crippen molar-refractivity contribution in [2.45, 2.75) is 96.8 Å². The molecule has 0 aliphatic carbocycles. The van der Waals surface area contributed by atoms with E-state index in [1.807, 2.05) is 0 Å². The van der Waals surface area contributed by atoms with E-state index in [-0.39, 0.29) is 22.0 Å². The molecule has 0 atom stereocenters. The zero-order valence-corrected chi connectivity index (χ0v) is 29.0. The van der Waals surface area contributed by atoms with Gasteiger partial charge in [-0.1, -0.05) is 154 Å². The van der Waals surface area contributed by atoms with E-state index in [0.717, 1.165) is 5.75 Å². The molecule has 0 saturated heterocycles. The Hall–Kier alpha value is -3.91. The maximum Gasteiger partial charge on any atom is 0.155 e. The van der Waals surface area contributed by atoms with Crippen LogP contribution in [0, 0.1) is 0 Å². The van der Waals surface area contributed by atoms with Crippen LogP contribution in [0.1, 0.15) is 114 Å². The van der Waals surface area contributed by atoms with Crippen LogP contribution in [0.3, 0.4) is 0 Å². The van der Waals surface area contributed by atoms with Crippen LogP contribution in [-0.2, 0) is 26.5 Å². The first kappa shape index (κ1) is 34.0. The van der Waals surface area contributed by atoms with Crippen molar-refractivity contribution in [2.75, 3.05) is 6.61 Å². The molecule has 0 saturated carbocycles. The molecule has 2 heteroatoms. The highest BCUT2D eigenvalue weighted by atomic mass is 16.5. The number of carbonyl (C=O) groups excluding carboxylic acids is 1. The van der Waals surface area contributed by atoms with Gasteiger partial charge in [0, 0.05) is 6.42 Å². The second kappa shape index (κ2) is 13.2. The van der Waals surface area contributed by atoms with E-state index in [4.69, 9.17) is 4.74 Å². The van der Waals surface area contributed by atoms with Gasteiger partial charge in [-0.25, -0.2) is 0 Å². The fraction of sp³-hybridized carbons (Fsp3) is 0.372. The third-order valence-corrected chi connectivity index (χ3v) is 8.90. The molecule has 0 aromatic heterocycles. The molecule has 0 fully saturated rings. The largest absolute Gasteiger partial charge is 0.494 e. The zero-order chi connectivity index (χ0) is 33.0. The van der Waals surface area contributed by atoms with Crippen molar-refractivity contribution in [1.82, 2.24) is 0 Å². The van der Waals surface area contributed by atoms with Crippen molar-refractivity contribution in [1.29, 1.82) is 0 Å². The zero-order valence-electron chi connectivity index (χ0n) is 29.0. The first-order chi connectivity index (χ1) is 21.1. The smallest absolute Gasteiger partial charge is 0.155 e. The SMILES string of the molecule is C=CC(=O)CCCOc1ccc(C(c2ccc(C(C)(C)C)cc2)(c2ccc(C(C)(C)C)cc2)c2ccc(C(C)(C)C)cc2)cc1. The maximum absolute atomic E-state index is 11.6. The van der Waals surface area contributed by atoms with E-state index >= 15 is 0 Å². The Morgan fingerprint density at radius 3 is 1.11 bits per heavy atom. The molecule has 4 aromatic carbocycles. The molecule has 0 amide bonds. The monoisotopic (exact) mass is 600 g/mol. The minimum absolute atomic E-state index is 0.0474. The van der Waals surface area contributed by atoms with Gasteiger partial charge in [0.25, 0.3) is 0 Å². The van der Waals surface area contributed by atoms with Crippen molar-refractivity contribution in [3.63, 3.8) is 0 Å². The van der Waals surface area contributed by atoms with Gasteiger partial charge in [-0.2, -0.15) is 0 Å². The van der Waals surface area contributed by atoms with Crippen molar-refractivity contribution in [2.24, 2.45) is 0 Å². The molecular weight excluding hydrogens is 548 g/mol. The first-order valence-electron chi connectivity index (χ1n) is 16.3. The number of carbonyl (C=O) groups is 1. The summed E-state index contributed by atoms with van der Waals surface area (Å²) in [6.45, 7) is 24.4. The number of allylic oxidation sites excluding steroid dienone is 1. The standard InChI is InChI=1S/C43H52O2/c1-11-38(44)13-12-30-45-39-28-26-37(27-29-39)43(34-20-14-31(15-21-34)40(2,3)4,35-22-16-32(17-23-35)41(5,6)7)36-24-18-33(19-25-36)42(8,9)10/h11,14-29H,1,12-13,30H2,2-10H3. The predicted molar refractivity (Wildman–Crippen MR) is 191 cm³/mol. The number of hydrogen-bond donors (Lipinski definition) is 0. The van der Waals surface area contributed by atoms with Crippen LogP contribution in [0.4, 0.5) is 0 Å². The number of rotatable bonds is 10. The highest BCUT2D eigenvalue weighted by Gasteiger charge is 2.39. The molecule has 0 N–H and O–H groups in total. The highest BCUT2D eigenvalue weighted by Crippen LogP contribution is 2.47. The Morgan fingerprint density at radius 2 is 0.822 bits per heavy atom. The highest BCUT2D eigenvalue weighted by molar-refractivity contribution is 5.88. The fourth-order valence-corrected chi connectivity index (χ4v) is 6.00. The fourth-order valence-electron chi connectivity index (χ4n) is 6.00. The van der Waals surface area contributed by atoms with Gasteiger partial charge in [0.05, 0.1) is 12.0 Å². The lowest BCUT2D eigenvalue weighted by Gasteiger charge is -2.38. The molecule has 4 rings (SSSR count). The molecular formula is C43H52O2. The predicted octanol–water partition coefficient (Wildman–Crippen LogP) is 10.9.